The van der Waals surface area contributed by atoms with Gasteiger partial charge in [-0.2, -0.15) is 5.26 Å². The molecular weight excluding hydrogens is 288 g/mol. The van der Waals surface area contributed by atoms with E-state index in [0.717, 1.165) is 11.1 Å². The zero-order valence-electron chi connectivity index (χ0n) is 12.5. The molecule has 4 heteroatoms. The maximum Gasteiger partial charge on any atom is 0.258 e. The summed E-state index contributed by atoms with van der Waals surface area (Å²) in [6.45, 7) is 1.95. The number of amides is 1. The molecule has 3 rings (SSSR count). The Bertz CT molecular complexity index is 872. The molecular formula is C19H14N2O2. The molecule has 0 spiro atoms. The number of hydrogen-bond donors (Lipinski definition) is 1. The van der Waals surface area contributed by atoms with Crippen molar-refractivity contribution in [2.45, 2.75) is 6.92 Å². The minimum Gasteiger partial charge on any atom is -0.439 e. The number of aryl methyl sites for hydroxylation is 1. The van der Waals surface area contributed by atoms with Crippen LogP contribution in [-0.4, -0.2) is 5.91 Å². The van der Waals surface area contributed by atoms with Gasteiger partial charge in [0.2, 0.25) is 5.88 Å². The Hall–Kier alpha value is -3.32. The molecule has 4 nitrogen and oxygen atoms in total. The van der Waals surface area contributed by atoms with Crippen LogP contribution >= 0.6 is 0 Å². The SMILES string of the molecule is Cc1ccc(C(=O)Nc2oc(-c3ccccc3)cc2C#N)cc1. The molecule has 0 radical (unpaired) electrons. The van der Waals surface area contributed by atoms with Crippen LogP contribution in [0.15, 0.2) is 65.1 Å². The molecule has 0 atom stereocenters. The maximum atomic E-state index is 12.3. The highest BCUT2D eigenvalue weighted by atomic mass is 16.4. The maximum absolute atomic E-state index is 12.3. The zero-order valence-corrected chi connectivity index (χ0v) is 12.5. The zero-order chi connectivity index (χ0) is 16.2. The van der Waals surface area contributed by atoms with E-state index in [9.17, 15) is 10.1 Å². The van der Waals surface area contributed by atoms with E-state index in [1.165, 1.54) is 0 Å². The number of carbonyl (C=O) groups is 1. The van der Waals surface area contributed by atoms with Crippen LogP contribution in [0, 0.1) is 18.3 Å². The molecule has 1 heterocycles. The minimum absolute atomic E-state index is 0.164. The van der Waals surface area contributed by atoms with Gasteiger partial charge in [0, 0.05) is 17.2 Å². The molecule has 0 saturated carbocycles. The van der Waals surface area contributed by atoms with Crippen molar-refractivity contribution in [1.82, 2.24) is 0 Å². The van der Waals surface area contributed by atoms with Crippen molar-refractivity contribution in [3.05, 3.63) is 77.4 Å². The van der Waals surface area contributed by atoms with Crippen molar-refractivity contribution in [2.75, 3.05) is 5.32 Å². The van der Waals surface area contributed by atoms with E-state index in [4.69, 9.17) is 4.42 Å². The summed E-state index contributed by atoms with van der Waals surface area (Å²) in [7, 11) is 0. The van der Waals surface area contributed by atoms with Crippen LogP contribution in [0.4, 0.5) is 5.88 Å². The molecule has 0 aliphatic carbocycles. The minimum atomic E-state index is -0.310. The van der Waals surface area contributed by atoms with Crippen LogP contribution in [0.25, 0.3) is 11.3 Å². The van der Waals surface area contributed by atoms with Gasteiger partial charge >= 0.3 is 0 Å². The number of anilines is 1. The molecule has 2 aromatic carbocycles. The normalized spacial score (nSPS) is 10.1. The fourth-order valence-electron chi connectivity index (χ4n) is 2.19. The van der Waals surface area contributed by atoms with Crippen molar-refractivity contribution in [2.24, 2.45) is 0 Å². The standard InChI is InChI=1S/C19H14N2O2/c1-13-7-9-15(10-8-13)18(22)21-19-16(12-20)11-17(23-19)14-5-3-2-4-6-14/h2-11H,1H3,(H,21,22). The average Bonchev–Trinajstić information content (AvgIpc) is 2.99. The first-order valence-electron chi connectivity index (χ1n) is 7.15. The average molecular weight is 302 g/mol. The number of hydrogen-bond acceptors (Lipinski definition) is 3. The summed E-state index contributed by atoms with van der Waals surface area (Å²) in [5.74, 6) is 0.397. The van der Waals surface area contributed by atoms with Crippen LogP contribution in [0.2, 0.25) is 0 Å². The molecule has 1 amide bonds. The number of carbonyl (C=O) groups excluding carboxylic acids is 1. The van der Waals surface area contributed by atoms with Gasteiger partial charge in [0.15, 0.2) is 0 Å². The Labute approximate surface area is 134 Å². The largest absolute Gasteiger partial charge is 0.439 e. The molecule has 3 aromatic rings. The van der Waals surface area contributed by atoms with Gasteiger partial charge in [0.25, 0.3) is 5.91 Å². The summed E-state index contributed by atoms with van der Waals surface area (Å²) < 4.78 is 5.65. The third-order valence-electron chi connectivity index (χ3n) is 3.45. The fraction of sp³-hybridized carbons (Fsp3) is 0.0526. The van der Waals surface area contributed by atoms with Gasteiger partial charge in [0.1, 0.15) is 17.4 Å². The molecule has 0 unspecified atom stereocenters. The van der Waals surface area contributed by atoms with Gasteiger partial charge in [-0.1, -0.05) is 48.0 Å². The number of nitrogens with one attached hydrogen (secondary N) is 1. The third kappa shape index (κ3) is 3.14. The van der Waals surface area contributed by atoms with E-state index < -0.39 is 0 Å². The summed E-state index contributed by atoms with van der Waals surface area (Å²) in [6, 6.07) is 20.3. The number of nitrogens with zero attached hydrogens (tertiary/aromatic N) is 1. The first-order chi connectivity index (χ1) is 11.2. The second kappa shape index (κ2) is 6.20. The monoisotopic (exact) mass is 302 g/mol. The van der Waals surface area contributed by atoms with Gasteiger partial charge in [0.05, 0.1) is 0 Å². The second-order valence-corrected chi connectivity index (χ2v) is 5.15. The van der Waals surface area contributed by atoms with Crippen LogP contribution in [0.3, 0.4) is 0 Å². The highest BCUT2D eigenvalue weighted by Crippen LogP contribution is 2.29. The van der Waals surface area contributed by atoms with E-state index >= 15 is 0 Å². The van der Waals surface area contributed by atoms with Crippen LogP contribution in [-0.2, 0) is 0 Å². The molecule has 23 heavy (non-hydrogen) atoms. The van der Waals surface area contributed by atoms with E-state index in [2.05, 4.69) is 5.32 Å². The molecule has 1 N–H and O–H groups in total. The lowest BCUT2D eigenvalue weighted by Crippen LogP contribution is -2.11. The molecule has 0 aliphatic heterocycles. The highest BCUT2D eigenvalue weighted by Gasteiger charge is 2.15. The van der Waals surface area contributed by atoms with E-state index in [-0.39, 0.29) is 11.8 Å². The van der Waals surface area contributed by atoms with E-state index in [1.807, 2.05) is 55.5 Å². The molecule has 0 fully saturated rings. The molecule has 112 valence electrons. The van der Waals surface area contributed by atoms with Crippen molar-refractivity contribution < 1.29 is 9.21 Å². The Balaban J connectivity index is 1.88. The summed E-state index contributed by atoms with van der Waals surface area (Å²) in [5.41, 5.74) is 2.73. The van der Waals surface area contributed by atoms with Gasteiger partial charge in [-0.05, 0) is 19.1 Å². The van der Waals surface area contributed by atoms with Crippen LogP contribution < -0.4 is 5.32 Å². The summed E-state index contributed by atoms with van der Waals surface area (Å²) in [5, 5.41) is 11.9. The van der Waals surface area contributed by atoms with Crippen molar-refractivity contribution >= 4 is 11.8 Å². The molecule has 0 saturated heterocycles. The van der Waals surface area contributed by atoms with Gasteiger partial charge < -0.3 is 4.42 Å². The smallest absolute Gasteiger partial charge is 0.258 e. The Morgan fingerprint density at radius 3 is 2.43 bits per heavy atom. The van der Waals surface area contributed by atoms with Crippen LogP contribution in [0.5, 0.6) is 0 Å². The predicted molar refractivity (Wildman–Crippen MR) is 88.0 cm³/mol. The van der Waals surface area contributed by atoms with Crippen molar-refractivity contribution in [3.8, 4) is 17.4 Å². The summed E-state index contributed by atoms with van der Waals surface area (Å²) in [6.07, 6.45) is 0. The molecule has 1 aromatic heterocycles. The highest BCUT2D eigenvalue weighted by molar-refractivity contribution is 6.04. The predicted octanol–water partition coefficient (Wildman–Crippen LogP) is 4.38. The van der Waals surface area contributed by atoms with Crippen LogP contribution in [0.1, 0.15) is 21.5 Å². The first kappa shape index (κ1) is 14.6. The summed E-state index contributed by atoms with van der Waals surface area (Å²) >= 11 is 0. The first-order valence-corrected chi connectivity index (χ1v) is 7.15. The number of nitriles is 1. The fourth-order valence-corrected chi connectivity index (χ4v) is 2.19. The lowest BCUT2D eigenvalue weighted by atomic mass is 10.1. The lowest BCUT2D eigenvalue weighted by Gasteiger charge is -2.03. The number of furan rings is 1. The van der Waals surface area contributed by atoms with Gasteiger partial charge in [-0.15, -0.1) is 0 Å². The van der Waals surface area contributed by atoms with Gasteiger partial charge in [-0.3, -0.25) is 10.1 Å². The van der Waals surface area contributed by atoms with Crippen molar-refractivity contribution in [3.63, 3.8) is 0 Å². The second-order valence-electron chi connectivity index (χ2n) is 5.15. The third-order valence-corrected chi connectivity index (χ3v) is 3.45. The van der Waals surface area contributed by atoms with Crippen molar-refractivity contribution in [1.29, 1.82) is 5.26 Å². The lowest BCUT2D eigenvalue weighted by molar-refractivity contribution is 0.102. The number of rotatable bonds is 3. The summed E-state index contributed by atoms with van der Waals surface area (Å²) in [4.78, 5) is 12.3. The Kier molecular flexibility index (Phi) is 3.94. The van der Waals surface area contributed by atoms with Gasteiger partial charge in [-0.25, -0.2) is 0 Å². The molecule has 0 bridgehead atoms. The number of benzene rings is 2. The van der Waals surface area contributed by atoms with E-state index in [1.54, 1.807) is 18.2 Å². The van der Waals surface area contributed by atoms with E-state index in [0.29, 0.717) is 16.9 Å². The Morgan fingerprint density at radius 2 is 1.78 bits per heavy atom. The Morgan fingerprint density at radius 1 is 1.09 bits per heavy atom. The quantitative estimate of drug-likeness (QED) is 0.780. The topological polar surface area (TPSA) is 66.0 Å². The molecule has 0 aliphatic rings.